The van der Waals surface area contributed by atoms with Gasteiger partial charge in [-0.3, -0.25) is 4.79 Å². The lowest BCUT2D eigenvalue weighted by Crippen LogP contribution is -2.53. The van der Waals surface area contributed by atoms with E-state index >= 15 is 0 Å². The zero-order chi connectivity index (χ0) is 11.8. The van der Waals surface area contributed by atoms with Crippen LogP contribution < -0.4 is 0 Å². The normalized spacial score (nSPS) is 34.4. The van der Waals surface area contributed by atoms with Gasteiger partial charge >= 0.3 is 5.97 Å². The summed E-state index contributed by atoms with van der Waals surface area (Å²) in [5.41, 5.74) is -1.79. The fraction of sp³-hybridized carbons (Fsp3) is 0.909. The van der Waals surface area contributed by atoms with Gasteiger partial charge in [-0.15, -0.1) is 0 Å². The molecule has 1 saturated carbocycles. The molecule has 2 aliphatic rings. The molecule has 1 aliphatic carbocycles. The van der Waals surface area contributed by atoms with Gasteiger partial charge < -0.3 is 5.11 Å². The van der Waals surface area contributed by atoms with Gasteiger partial charge in [-0.1, -0.05) is 19.3 Å². The minimum atomic E-state index is -3.06. The van der Waals surface area contributed by atoms with Gasteiger partial charge in [0.25, 0.3) is 5.92 Å². The molecule has 92 valence electrons. The second-order valence-electron chi connectivity index (χ2n) is 4.90. The van der Waals surface area contributed by atoms with Gasteiger partial charge in [-0.05, 0) is 24.5 Å². The Balaban J connectivity index is 2.20. The molecule has 1 aliphatic heterocycles. The lowest BCUT2D eigenvalue weighted by Gasteiger charge is -2.43. The van der Waals surface area contributed by atoms with E-state index in [1.807, 2.05) is 0 Å². The first-order valence-electron chi connectivity index (χ1n) is 5.67. The molecular weight excluding hydrogens is 234 g/mol. The van der Waals surface area contributed by atoms with E-state index in [1.54, 1.807) is 0 Å². The number of hydrogen-bond acceptors (Lipinski definition) is 2. The molecule has 5 heteroatoms. The highest BCUT2D eigenvalue weighted by Crippen LogP contribution is 2.52. The number of rotatable bonds is 3. The molecule has 1 N–H and O–H groups in total. The minimum Gasteiger partial charge on any atom is -0.481 e. The second-order valence-corrected chi connectivity index (χ2v) is 6.00. The fourth-order valence-corrected chi connectivity index (χ4v) is 3.73. The Morgan fingerprint density at radius 2 is 2.12 bits per heavy atom. The highest BCUT2D eigenvalue weighted by atomic mass is 32.2. The van der Waals surface area contributed by atoms with Crippen LogP contribution in [-0.2, 0) is 4.79 Å². The highest BCUT2D eigenvalue weighted by Gasteiger charge is 2.61. The Morgan fingerprint density at radius 1 is 1.44 bits per heavy atom. The van der Waals surface area contributed by atoms with Gasteiger partial charge in [0.05, 0.1) is 5.75 Å². The maximum Gasteiger partial charge on any atom is 0.315 e. The van der Waals surface area contributed by atoms with E-state index in [9.17, 15) is 18.7 Å². The van der Waals surface area contributed by atoms with E-state index in [4.69, 9.17) is 0 Å². The first-order chi connectivity index (χ1) is 7.48. The third kappa shape index (κ3) is 1.83. The predicted molar refractivity (Wildman–Crippen MR) is 58.9 cm³/mol. The summed E-state index contributed by atoms with van der Waals surface area (Å²) in [6.45, 7) is 0. The number of hydrogen-bond donors (Lipinski definition) is 1. The van der Waals surface area contributed by atoms with Gasteiger partial charge in [-0.2, -0.15) is 11.8 Å². The number of carbonyl (C=O) groups is 1. The monoisotopic (exact) mass is 250 g/mol. The molecule has 1 heterocycles. The fourth-order valence-electron chi connectivity index (χ4n) is 2.56. The summed E-state index contributed by atoms with van der Waals surface area (Å²) >= 11 is 1.16. The van der Waals surface area contributed by atoms with Gasteiger partial charge in [0.1, 0.15) is 5.41 Å². The molecular formula is C11H16F2O2S. The van der Waals surface area contributed by atoms with Gasteiger partial charge in [-0.25, -0.2) is 8.78 Å². The van der Waals surface area contributed by atoms with Crippen molar-refractivity contribution in [1.82, 2.24) is 0 Å². The Bertz CT molecular complexity index is 292. The summed E-state index contributed by atoms with van der Waals surface area (Å²) in [6, 6.07) is 0. The van der Waals surface area contributed by atoms with Crippen molar-refractivity contribution in [2.24, 2.45) is 11.3 Å². The van der Waals surface area contributed by atoms with Crippen LogP contribution in [-0.4, -0.2) is 28.5 Å². The van der Waals surface area contributed by atoms with Gasteiger partial charge in [0.15, 0.2) is 0 Å². The molecule has 0 aromatic rings. The lowest BCUT2D eigenvalue weighted by molar-refractivity contribution is -0.181. The van der Waals surface area contributed by atoms with Gasteiger partial charge in [0.2, 0.25) is 0 Å². The molecule has 16 heavy (non-hydrogen) atoms. The summed E-state index contributed by atoms with van der Waals surface area (Å²) in [5, 5.41) is 9.20. The average Bonchev–Trinajstić information content (AvgIpc) is 2.12. The summed E-state index contributed by atoms with van der Waals surface area (Å²) in [7, 11) is 0. The quantitative estimate of drug-likeness (QED) is 0.836. The Morgan fingerprint density at radius 3 is 2.56 bits per heavy atom. The molecule has 2 fully saturated rings. The number of alkyl halides is 2. The highest BCUT2D eigenvalue weighted by molar-refractivity contribution is 7.99. The molecule has 2 nitrogen and oxygen atoms in total. The van der Waals surface area contributed by atoms with E-state index in [-0.39, 0.29) is 24.5 Å². The summed E-state index contributed by atoms with van der Waals surface area (Å²) in [4.78, 5) is 11.3. The van der Waals surface area contributed by atoms with Crippen LogP contribution in [0.1, 0.15) is 32.1 Å². The molecule has 2 rings (SSSR count). The molecule has 1 unspecified atom stereocenters. The number of carboxylic acid groups (broad SMARTS) is 1. The molecule has 0 radical (unpaired) electrons. The van der Waals surface area contributed by atoms with E-state index < -0.39 is 17.3 Å². The van der Waals surface area contributed by atoms with E-state index in [1.165, 1.54) is 0 Å². The minimum absolute atomic E-state index is 0.108. The number of aliphatic carboxylic acids is 1. The van der Waals surface area contributed by atoms with Crippen molar-refractivity contribution < 1.29 is 18.7 Å². The topological polar surface area (TPSA) is 37.3 Å². The van der Waals surface area contributed by atoms with Gasteiger partial charge in [0, 0.05) is 0 Å². The molecule has 1 saturated heterocycles. The SMILES string of the molecule is O=C(O)C1(CC2CCC2)CCSCC1(F)F. The van der Waals surface area contributed by atoms with Crippen molar-refractivity contribution in [1.29, 1.82) is 0 Å². The largest absolute Gasteiger partial charge is 0.481 e. The van der Waals surface area contributed by atoms with Crippen molar-refractivity contribution in [3.63, 3.8) is 0 Å². The van der Waals surface area contributed by atoms with Crippen LogP contribution in [0.5, 0.6) is 0 Å². The van der Waals surface area contributed by atoms with E-state index in [0.29, 0.717) is 5.75 Å². The van der Waals surface area contributed by atoms with Crippen molar-refractivity contribution in [3.8, 4) is 0 Å². The van der Waals surface area contributed by atoms with E-state index in [2.05, 4.69) is 0 Å². The van der Waals surface area contributed by atoms with Crippen LogP contribution in [0.2, 0.25) is 0 Å². The molecule has 0 spiro atoms. The van der Waals surface area contributed by atoms with Crippen molar-refractivity contribution in [2.75, 3.05) is 11.5 Å². The van der Waals surface area contributed by atoms with Crippen LogP contribution in [0.15, 0.2) is 0 Å². The van der Waals surface area contributed by atoms with Crippen LogP contribution in [0, 0.1) is 11.3 Å². The number of halogens is 2. The smallest absolute Gasteiger partial charge is 0.315 e. The Kier molecular flexibility index (Phi) is 3.16. The Labute approximate surface area is 97.8 Å². The third-order valence-corrected chi connectivity index (χ3v) is 4.99. The average molecular weight is 250 g/mol. The van der Waals surface area contributed by atoms with Crippen LogP contribution in [0.25, 0.3) is 0 Å². The zero-order valence-corrected chi connectivity index (χ0v) is 9.86. The Hall–Kier alpha value is -0.320. The standard InChI is InChI=1S/C11H16F2O2S/c12-11(13)7-16-5-4-10(11,9(14)15)6-8-2-1-3-8/h8H,1-7H2,(H,14,15). The molecule has 0 aromatic carbocycles. The zero-order valence-electron chi connectivity index (χ0n) is 9.05. The molecule has 0 aromatic heterocycles. The van der Waals surface area contributed by atoms with Crippen molar-refractivity contribution >= 4 is 17.7 Å². The van der Waals surface area contributed by atoms with Crippen LogP contribution in [0.4, 0.5) is 8.78 Å². The maximum absolute atomic E-state index is 13.9. The lowest BCUT2D eigenvalue weighted by atomic mass is 9.67. The molecule has 0 amide bonds. The third-order valence-electron chi connectivity index (χ3n) is 3.93. The van der Waals surface area contributed by atoms with Crippen LogP contribution >= 0.6 is 11.8 Å². The number of thioether (sulfide) groups is 1. The number of carboxylic acids is 1. The maximum atomic E-state index is 13.9. The second kappa shape index (κ2) is 4.17. The predicted octanol–water partition coefficient (Wildman–Crippen LogP) is 3.02. The molecule has 0 bridgehead atoms. The van der Waals surface area contributed by atoms with Crippen LogP contribution in [0.3, 0.4) is 0 Å². The van der Waals surface area contributed by atoms with Crippen molar-refractivity contribution in [2.45, 2.75) is 38.0 Å². The summed E-state index contributed by atoms with van der Waals surface area (Å²) in [6.07, 6.45) is 3.16. The first kappa shape index (κ1) is 12.1. The first-order valence-corrected chi connectivity index (χ1v) is 6.82. The summed E-state index contributed by atoms with van der Waals surface area (Å²) < 4.78 is 27.8. The molecule has 1 atom stereocenters. The summed E-state index contributed by atoms with van der Waals surface area (Å²) in [5.74, 6) is -3.97. The van der Waals surface area contributed by atoms with Crippen molar-refractivity contribution in [3.05, 3.63) is 0 Å². The van der Waals surface area contributed by atoms with E-state index in [0.717, 1.165) is 31.0 Å².